The minimum absolute atomic E-state index is 0.641. The second-order valence-electron chi connectivity index (χ2n) is 6.48. The molecular formula is C15H21N5OS. The summed E-state index contributed by atoms with van der Waals surface area (Å²) in [6.07, 6.45) is 5.46. The van der Waals surface area contributed by atoms with Crippen molar-refractivity contribution in [3.05, 3.63) is 12.1 Å². The van der Waals surface area contributed by atoms with Crippen molar-refractivity contribution in [1.29, 1.82) is 0 Å². The topological polar surface area (TPSA) is 68.8 Å². The Morgan fingerprint density at radius 1 is 1.50 bits per heavy atom. The maximum Gasteiger partial charge on any atom is 0.202 e. The molecule has 118 valence electrons. The molecule has 7 heteroatoms. The molecular weight excluding hydrogens is 298 g/mol. The van der Waals surface area contributed by atoms with E-state index >= 15 is 0 Å². The smallest absolute Gasteiger partial charge is 0.202 e. The van der Waals surface area contributed by atoms with E-state index in [0.29, 0.717) is 11.2 Å². The van der Waals surface area contributed by atoms with E-state index in [1.165, 1.54) is 38.7 Å². The molecule has 2 aromatic rings. The summed E-state index contributed by atoms with van der Waals surface area (Å²) >= 11 is 1.78. The largest absolute Gasteiger partial charge is 0.440 e. The first kappa shape index (κ1) is 14.3. The molecule has 0 spiro atoms. The third-order valence-corrected chi connectivity index (χ3v) is 6.17. The lowest BCUT2D eigenvalue weighted by Crippen LogP contribution is -2.16. The number of fused-ring (bicyclic) bond motifs is 1. The number of aryl methyl sites for hydroxylation is 1. The molecule has 6 nitrogen and oxygen atoms in total. The third-order valence-electron chi connectivity index (χ3n) is 5.06. The van der Waals surface area contributed by atoms with Crippen molar-refractivity contribution in [3.8, 4) is 11.6 Å². The summed E-state index contributed by atoms with van der Waals surface area (Å²) in [6, 6.07) is 0. The zero-order chi connectivity index (χ0) is 15.2. The predicted molar refractivity (Wildman–Crippen MR) is 84.6 cm³/mol. The average molecular weight is 319 g/mol. The Morgan fingerprint density at radius 2 is 2.41 bits per heavy atom. The van der Waals surface area contributed by atoms with Gasteiger partial charge in [-0.1, -0.05) is 11.8 Å². The number of piperidine rings is 1. The van der Waals surface area contributed by atoms with E-state index in [1.54, 1.807) is 11.8 Å². The fraction of sp³-hybridized carbons (Fsp3) is 0.667. The Bertz CT molecular complexity index is 681. The monoisotopic (exact) mass is 319 g/mol. The number of hydrogen-bond acceptors (Lipinski definition) is 6. The number of hydrogen-bond donors (Lipinski definition) is 1. The van der Waals surface area contributed by atoms with Gasteiger partial charge in [0.15, 0.2) is 17.3 Å². The van der Waals surface area contributed by atoms with Crippen LogP contribution in [-0.4, -0.2) is 38.6 Å². The molecule has 2 aliphatic rings. The van der Waals surface area contributed by atoms with Gasteiger partial charge in [0.1, 0.15) is 0 Å². The highest BCUT2D eigenvalue weighted by molar-refractivity contribution is 7.99. The Morgan fingerprint density at radius 3 is 3.09 bits per heavy atom. The molecule has 2 fully saturated rings. The van der Waals surface area contributed by atoms with Gasteiger partial charge in [-0.15, -0.1) is 10.2 Å². The lowest BCUT2D eigenvalue weighted by Gasteiger charge is -2.10. The molecule has 1 aliphatic carbocycles. The normalized spacial score (nSPS) is 26.4. The van der Waals surface area contributed by atoms with Crippen molar-refractivity contribution in [2.45, 2.75) is 31.3 Å². The van der Waals surface area contributed by atoms with Gasteiger partial charge in [-0.2, -0.15) is 0 Å². The number of nitrogens with one attached hydrogen (secondary N) is 1. The van der Waals surface area contributed by atoms with Crippen LogP contribution in [0.25, 0.3) is 11.6 Å². The standard InChI is InChI=1S/C15H21N5OS/c1-10-12(21-9-17-10)13-18-19-14(20(13)2)22-5-3-4-15-6-11(15)7-16-8-15/h9,11,16H,3-8H2,1-2H3. The minimum atomic E-state index is 0.641. The predicted octanol–water partition coefficient (Wildman–Crippen LogP) is 2.26. The first-order valence-electron chi connectivity index (χ1n) is 7.83. The molecule has 2 unspecified atom stereocenters. The van der Waals surface area contributed by atoms with E-state index in [-0.39, 0.29) is 0 Å². The van der Waals surface area contributed by atoms with Crippen LogP contribution in [0, 0.1) is 18.3 Å². The van der Waals surface area contributed by atoms with Crippen molar-refractivity contribution < 1.29 is 4.42 Å². The summed E-state index contributed by atoms with van der Waals surface area (Å²) in [6.45, 7) is 4.37. The maximum absolute atomic E-state index is 5.41. The molecule has 4 rings (SSSR count). The van der Waals surface area contributed by atoms with Crippen LogP contribution in [0.3, 0.4) is 0 Å². The van der Waals surface area contributed by atoms with E-state index in [1.807, 2.05) is 18.5 Å². The Balaban J connectivity index is 1.34. The Hall–Kier alpha value is -1.34. The lowest BCUT2D eigenvalue weighted by molar-refractivity contribution is 0.466. The molecule has 0 amide bonds. The van der Waals surface area contributed by atoms with E-state index in [4.69, 9.17) is 4.42 Å². The number of nitrogens with zero attached hydrogens (tertiary/aromatic N) is 4. The lowest BCUT2D eigenvalue weighted by atomic mass is 10.0. The van der Waals surface area contributed by atoms with Crippen molar-refractivity contribution in [2.24, 2.45) is 18.4 Å². The molecule has 2 atom stereocenters. The summed E-state index contributed by atoms with van der Waals surface area (Å²) in [5, 5.41) is 13.0. The van der Waals surface area contributed by atoms with Crippen LogP contribution in [0.15, 0.2) is 16.0 Å². The van der Waals surface area contributed by atoms with Crippen LogP contribution in [0.5, 0.6) is 0 Å². The SMILES string of the molecule is Cc1ncoc1-c1nnc(SCCCC23CNCC2C3)n1C. The van der Waals surface area contributed by atoms with Crippen LogP contribution in [0.4, 0.5) is 0 Å². The van der Waals surface area contributed by atoms with E-state index in [2.05, 4.69) is 20.5 Å². The molecule has 2 aromatic heterocycles. The molecule has 1 saturated carbocycles. The fourth-order valence-corrected chi connectivity index (χ4v) is 4.42. The van der Waals surface area contributed by atoms with E-state index < -0.39 is 0 Å². The molecule has 1 N–H and O–H groups in total. The Kier molecular flexibility index (Phi) is 3.49. The average Bonchev–Trinajstić information content (AvgIpc) is 2.88. The molecule has 0 bridgehead atoms. The first-order valence-corrected chi connectivity index (χ1v) is 8.81. The summed E-state index contributed by atoms with van der Waals surface area (Å²) in [7, 11) is 1.98. The second-order valence-corrected chi connectivity index (χ2v) is 7.54. The van der Waals surface area contributed by atoms with Gasteiger partial charge in [0.2, 0.25) is 5.82 Å². The van der Waals surface area contributed by atoms with Crippen LogP contribution in [0.2, 0.25) is 0 Å². The highest BCUT2D eigenvalue weighted by atomic mass is 32.2. The Labute approximate surface area is 134 Å². The van der Waals surface area contributed by atoms with Gasteiger partial charge in [-0.25, -0.2) is 4.98 Å². The summed E-state index contributed by atoms with van der Waals surface area (Å²) in [4.78, 5) is 4.11. The molecule has 1 saturated heterocycles. The van der Waals surface area contributed by atoms with Crippen molar-refractivity contribution in [2.75, 3.05) is 18.8 Å². The van der Waals surface area contributed by atoms with Crippen LogP contribution >= 0.6 is 11.8 Å². The summed E-state index contributed by atoms with van der Waals surface area (Å²) < 4.78 is 7.40. The number of thioether (sulfide) groups is 1. The molecule has 1 aliphatic heterocycles. The van der Waals surface area contributed by atoms with Crippen LogP contribution in [-0.2, 0) is 7.05 Å². The summed E-state index contributed by atoms with van der Waals surface area (Å²) in [5.74, 6) is 3.50. The van der Waals surface area contributed by atoms with Crippen molar-refractivity contribution >= 4 is 11.8 Å². The van der Waals surface area contributed by atoms with Gasteiger partial charge >= 0.3 is 0 Å². The fourth-order valence-electron chi connectivity index (χ4n) is 3.57. The number of rotatable bonds is 6. The number of aromatic nitrogens is 4. The van der Waals surface area contributed by atoms with Crippen LogP contribution < -0.4 is 5.32 Å². The molecule has 22 heavy (non-hydrogen) atoms. The first-order chi connectivity index (χ1) is 10.7. The summed E-state index contributed by atoms with van der Waals surface area (Å²) in [5.41, 5.74) is 1.49. The van der Waals surface area contributed by atoms with Gasteiger partial charge in [0.25, 0.3) is 0 Å². The number of oxazole rings is 1. The van der Waals surface area contributed by atoms with E-state index in [9.17, 15) is 0 Å². The maximum atomic E-state index is 5.41. The molecule has 3 heterocycles. The molecule has 0 radical (unpaired) electrons. The van der Waals surface area contributed by atoms with Gasteiger partial charge in [-0.05, 0) is 44.1 Å². The van der Waals surface area contributed by atoms with Gasteiger partial charge in [-0.3, -0.25) is 0 Å². The second kappa shape index (κ2) is 5.38. The highest BCUT2D eigenvalue weighted by Gasteiger charge is 2.55. The zero-order valence-electron chi connectivity index (χ0n) is 13.0. The third kappa shape index (κ3) is 2.36. The van der Waals surface area contributed by atoms with Crippen molar-refractivity contribution in [1.82, 2.24) is 25.1 Å². The van der Waals surface area contributed by atoms with Gasteiger partial charge in [0.05, 0.1) is 5.69 Å². The van der Waals surface area contributed by atoms with Gasteiger partial charge in [0, 0.05) is 19.3 Å². The minimum Gasteiger partial charge on any atom is -0.440 e. The quantitative estimate of drug-likeness (QED) is 0.650. The van der Waals surface area contributed by atoms with E-state index in [0.717, 1.165) is 28.3 Å². The van der Waals surface area contributed by atoms with Crippen LogP contribution in [0.1, 0.15) is 25.0 Å². The molecule has 0 aromatic carbocycles. The van der Waals surface area contributed by atoms with Gasteiger partial charge < -0.3 is 14.3 Å². The zero-order valence-corrected chi connectivity index (χ0v) is 13.8. The highest BCUT2D eigenvalue weighted by Crippen LogP contribution is 2.58. The van der Waals surface area contributed by atoms with Crippen molar-refractivity contribution in [3.63, 3.8) is 0 Å².